The first-order chi connectivity index (χ1) is 6.61. The van der Waals surface area contributed by atoms with Crippen molar-refractivity contribution in [2.75, 3.05) is 0 Å². The van der Waals surface area contributed by atoms with Crippen LogP contribution in [0.1, 0.15) is 0 Å². The van der Waals surface area contributed by atoms with Gasteiger partial charge in [0.15, 0.2) is 0 Å². The van der Waals surface area contributed by atoms with Crippen molar-refractivity contribution in [1.29, 1.82) is 0 Å². The third-order valence-corrected chi connectivity index (χ3v) is 3.98. The first-order valence-electron chi connectivity index (χ1n) is 3.82. The minimum atomic E-state index is -1.66. The van der Waals surface area contributed by atoms with Crippen LogP contribution in [0.4, 0.5) is 4.39 Å². The summed E-state index contributed by atoms with van der Waals surface area (Å²) >= 11 is 4.57. The summed E-state index contributed by atoms with van der Waals surface area (Å²) in [6.07, 6.45) is 0. The number of hydrogen-bond acceptors (Lipinski definition) is 3. The molecular weight excluding hydrogens is 270 g/mol. The quantitative estimate of drug-likeness (QED) is 0.774. The minimum absolute atomic E-state index is 0.150. The molecule has 72 valence electrons. The Labute approximate surface area is 92.3 Å². The molecule has 0 spiro atoms. The number of fused-ring (bicyclic) bond motifs is 1. The average molecular weight is 275 g/mol. The number of thiophene rings is 1. The van der Waals surface area contributed by atoms with Crippen molar-refractivity contribution >= 4 is 49.9 Å². The van der Waals surface area contributed by atoms with Crippen molar-refractivity contribution in [2.24, 2.45) is 0 Å². The van der Waals surface area contributed by atoms with Crippen molar-refractivity contribution in [1.82, 2.24) is 0 Å². The van der Waals surface area contributed by atoms with Crippen LogP contribution in [0.15, 0.2) is 22.0 Å². The van der Waals surface area contributed by atoms with Gasteiger partial charge in [-0.2, -0.15) is 0 Å². The van der Waals surface area contributed by atoms with Gasteiger partial charge in [0.05, 0.1) is 4.70 Å². The van der Waals surface area contributed by atoms with Gasteiger partial charge in [0.25, 0.3) is 0 Å². The molecule has 0 radical (unpaired) electrons. The van der Waals surface area contributed by atoms with E-state index in [2.05, 4.69) is 15.9 Å². The van der Waals surface area contributed by atoms with E-state index in [4.69, 9.17) is 10.0 Å². The van der Waals surface area contributed by atoms with Crippen LogP contribution in [0.25, 0.3) is 10.1 Å². The average Bonchev–Trinajstić information content (AvgIpc) is 2.59. The maximum atomic E-state index is 13.4. The zero-order valence-corrected chi connectivity index (χ0v) is 9.27. The lowest BCUT2D eigenvalue weighted by Crippen LogP contribution is -2.31. The van der Waals surface area contributed by atoms with E-state index in [-0.39, 0.29) is 5.46 Å². The van der Waals surface area contributed by atoms with E-state index in [9.17, 15) is 4.39 Å². The van der Waals surface area contributed by atoms with E-state index >= 15 is 0 Å². The molecule has 1 aromatic carbocycles. The highest BCUT2D eigenvalue weighted by Gasteiger charge is 2.19. The third-order valence-electron chi connectivity index (χ3n) is 1.94. The van der Waals surface area contributed by atoms with Crippen LogP contribution in [0.5, 0.6) is 0 Å². The summed E-state index contributed by atoms with van der Waals surface area (Å²) in [4.78, 5) is 0. The summed E-state index contributed by atoms with van der Waals surface area (Å²) in [5, 5.41) is 20.2. The van der Waals surface area contributed by atoms with Gasteiger partial charge in [-0.3, -0.25) is 0 Å². The van der Waals surface area contributed by atoms with Crippen LogP contribution < -0.4 is 5.46 Å². The van der Waals surface area contributed by atoms with Gasteiger partial charge < -0.3 is 10.0 Å². The highest BCUT2D eigenvalue weighted by molar-refractivity contribution is 9.10. The summed E-state index contributed by atoms with van der Waals surface area (Å²) < 4.78 is 14.6. The van der Waals surface area contributed by atoms with Crippen LogP contribution >= 0.6 is 27.3 Å². The third kappa shape index (κ3) is 1.48. The Morgan fingerprint density at radius 1 is 1.43 bits per heavy atom. The second kappa shape index (κ2) is 3.62. The number of halogens is 2. The lowest BCUT2D eigenvalue weighted by atomic mass is 9.80. The van der Waals surface area contributed by atoms with Crippen LogP contribution in [-0.4, -0.2) is 17.2 Å². The highest BCUT2D eigenvalue weighted by atomic mass is 79.9. The van der Waals surface area contributed by atoms with Crippen molar-refractivity contribution in [2.45, 2.75) is 0 Å². The first kappa shape index (κ1) is 10.1. The molecule has 0 atom stereocenters. The second-order valence-corrected chi connectivity index (χ2v) is 4.51. The Morgan fingerprint density at radius 2 is 2.14 bits per heavy atom. The molecule has 2 aromatic rings. The second-order valence-electron chi connectivity index (χ2n) is 2.80. The summed E-state index contributed by atoms with van der Waals surface area (Å²) in [5.41, 5.74) is 0.150. The Kier molecular flexibility index (Phi) is 2.61. The smallest absolute Gasteiger partial charge is 0.423 e. The van der Waals surface area contributed by atoms with E-state index in [0.717, 1.165) is 6.07 Å². The zero-order valence-electron chi connectivity index (χ0n) is 6.87. The molecule has 2 rings (SSSR count). The fourth-order valence-electron chi connectivity index (χ4n) is 1.26. The molecule has 0 fully saturated rings. The van der Waals surface area contributed by atoms with Crippen molar-refractivity contribution in [3.63, 3.8) is 0 Å². The lowest BCUT2D eigenvalue weighted by Gasteiger charge is -2.04. The van der Waals surface area contributed by atoms with Crippen LogP contribution in [0, 0.1) is 5.82 Å². The molecule has 0 bridgehead atoms. The monoisotopic (exact) mass is 274 g/mol. The van der Waals surface area contributed by atoms with Gasteiger partial charge in [-0.05, 0) is 33.4 Å². The van der Waals surface area contributed by atoms with Gasteiger partial charge in [0.2, 0.25) is 0 Å². The molecule has 14 heavy (non-hydrogen) atoms. The Morgan fingerprint density at radius 3 is 2.79 bits per heavy atom. The fourth-order valence-corrected chi connectivity index (χ4v) is 2.93. The predicted molar refractivity (Wildman–Crippen MR) is 59.3 cm³/mol. The van der Waals surface area contributed by atoms with Gasteiger partial charge in [-0.1, -0.05) is 0 Å². The molecule has 1 aromatic heterocycles. The molecule has 0 aliphatic carbocycles. The van der Waals surface area contributed by atoms with Crippen molar-refractivity contribution in [3.05, 3.63) is 27.8 Å². The number of hydrogen-bond donors (Lipinski definition) is 2. The van der Waals surface area contributed by atoms with Gasteiger partial charge in [-0.25, -0.2) is 4.39 Å². The molecule has 0 saturated heterocycles. The summed E-state index contributed by atoms with van der Waals surface area (Å²) in [6.45, 7) is 0. The van der Waals surface area contributed by atoms with E-state index in [1.165, 1.54) is 11.3 Å². The van der Waals surface area contributed by atoms with Crippen molar-refractivity contribution < 1.29 is 14.4 Å². The Bertz CT molecular complexity index is 485. The normalized spacial score (nSPS) is 10.9. The molecule has 1 heterocycles. The Balaban J connectivity index is 2.82. The SMILES string of the molecule is OB(O)c1cc(F)c2ccsc2c1Br. The predicted octanol–water partition coefficient (Wildman–Crippen LogP) is 1.48. The Hall–Kier alpha value is -0.425. The first-order valence-corrected chi connectivity index (χ1v) is 5.49. The standard InChI is InChI=1S/C8H5BBrFO2S/c10-7-5(9(12)13)3-6(11)4-1-2-14-8(4)7/h1-3,12-13H. The number of benzene rings is 1. The molecule has 0 unspecified atom stereocenters. The molecular formula is C8H5BBrFO2S. The van der Waals surface area contributed by atoms with Gasteiger partial charge >= 0.3 is 7.12 Å². The molecule has 0 aliphatic rings. The van der Waals surface area contributed by atoms with Crippen LogP contribution in [0.2, 0.25) is 0 Å². The topological polar surface area (TPSA) is 40.5 Å². The maximum absolute atomic E-state index is 13.4. The van der Waals surface area contributed by atoms with Gasteiger partial charge in [-0.15, -0.1) is 11.3 Å². The summed E-state index contributed by atoms with van der Waals surface area (Å²) in [6, 6.07) is 2.79. The fraction of sp³-hybridized carbons (Fsp3) is 0. The van der Waals surface area contributed by atoms with Gasteiger partial charge in [0, 0.05) is 15.3 Å². The largest absolute Gasteiger partial charge is 0.489 e. The van der Waals surface area contributed by atoms with E-state index in [0.29, 0.717) is 14.6 Å². The minimum Gasteiger partial charge on any atom is -0.423 e. The van der Waals surface area contributed by atoms with Crippen LogP contribution in [-0.2, 0) is 0 Å². The molecule has 2 nitrogen and oxygen atoms in total. The number of rotatable bonds is 1. The summed E-state index contributed by atoms with van der Waals surface area (Å²) in [7, 11) is -1.66. The maximum Gasteiger partial charge on any atom is 0.489 e. The molecule has 0 aliphatic heterocycles. The van der Waals surface area contributed by atoms with Crippen LogP contribution in [0.3, 0.4) is 0 Å². The highest BCUT2D eigenvalue weighted by Crippen LogP contribution is 2.29. The van der Waals surface area contributed by atoms with E-state index < -0.39 is 12.9 Å². The molecule has 0 saturated carbocycles. The zero-order chi connectivity index (χ0) is 10.3. The van der Waals surface area contributed by atoms with Crippen molar-refractivity contribution in [3.8, 4) is 0 Å². The van der Waals surface area contributed by atoms with Gasteiger partial charge in [0.1, 0.15) is 5.82 Å². The molecule has 0 amide bonds. The lowest BCUT2D eigenvalue weighted by molar-refractivity contribution is 0.425. The van der Waals surface area contributed by atoms with E-state index in [1.807, 2.05) is 0 Å². The van der Waals surface area contributed by atoms with E-state index in [1.54, 1.807) is 11.4 Å². The summed E-state index contributed by atoms with van der Waals surface area (Å²) in [5.74, 6) is -0.437. The molecule has 2 N–H and O–H groups in total. The molecule has 6 heteroatoms.